The Labute approximate surface area is 105 Å². The normalized spacial score (nSPS) is 14.3. The zero-order chi connectivity index (χ0) is 12.7. The summed E-state index contributed by atoms with van der Waals surface area (Å²) in [5.74, 6) is 3.08. The van der Waals surface area contributed by atoms with Gasteiger partial charge in [-0.25, -0.2) is 0 Å². The molecule has 0 fully saturated rings. The molecule has 0 amide bonds. The number of rotatable bonds is 6. The maximum atomic E-state index is 6.26. The van der Waals surface area contributed by atoms with Crippen LogP contribution >= 0.6 is 0 Å². The summed E-state index contributed by atoms with van der Waals surface area (Å²) in [7, 11) is 0. The Balaban J connectivity index is 2.58. The minimum Gasteiger partial charge on any atom is -0.324 e. The van der Waals surface area contributed by atoms with Crippen LogP contribution in [0.3, 0.4) is 0 Å². The Bertz CT molecular complexity index is 353. The van der Waals surface area contributed by atoms with Crippen molar-refractivity contribution in [2.75, 3.05) is 19.6 Å². The van der Waals surface area contributed by atoms with E-state index in [1.165, 1.54) is 5.56 Å². The van der Waals surface area contributed by atoms with Gasteiger partial charge in [0.25, 0.3) is 0 Å². The maximum absolute atomic E-state index is 6.26. The Morgan fingerprint density at radius 1 is 1.35 bits per heavy atom. The van der Waals surface area contributed by atoms with Gasteiger partial charge in [-0.2, -0.15) is 0 Å². The predicted molar refractivity (Wildman–Crippen MR) is 73.5 cm³/mol. The molecule has 0 bridgehead atoms. The average molecular weight is 230 g/mol. The SMILES string of the molecule is C#CCN(CC)CC(C)C(N)c1ccccc1. The molecule has 1 aromatic rings. The number of nitrogens with zero attached hydrogens (tertiary/aromatic N) is 1. The smallest absolute Gasteiger partial charge is 0.0598 e. The van der Waals surface area contributed by atoms with Gasteiger partial charge in [0.1, 0.15) is 0 Å². The van der Waals surface area contributed by atoms with E-state index >= 15 is 0 Å². The van der Waals surface area contributed by atoms with E-state index in [9.17, 15) is 0 Å². The minimum absolute atomic E-state index is 0.0722. The van der Waals surface area contributed by atoms with Crippen LogP contribution in [0, 0.1) is 18.3 Å². The summed E-state index contributed by atoms with van der Waals surface area (Å²) < 4.78 is 0. The van der Waals surface area contributed by atoms with E-state index in [-0.39, 0.29) is 6.04 Å². The molecule has 0 aliphatic rings. The molecule has 2 heteroatoms. The summed E-state index contributed by atoms with van der Waals surface area (Å²) in [5.41, 5.74) is 7.45. The Morgan fingerprint density at radius 2 is 2.00 bits per heavy atom. The number of terminal acetylenes is 1. The summed E-state index contributed by atoms with van der Waals surface area (Å²) >= 11 is 0. The molecule has 0 heterocycles. The van der Waals surface area contributed by atoms with Crippen LogP contribution in [-0.4, -0.2) is 24.5 Å². The highest BCUT2D eigenvalue weighted by molar-refractivity contribution is 5.19. The van der Waals surface area contributed by atoms with E-state index in [1.54, 1.807) is 0 Å². The van der Waals surface area contributed by atoms with Crippen LogP contribution in [-0.2, 0) is 0 Å². The van der Waals surface area contributed by atoms with E-state index in [2.05, 4.69) is 36.8 Å². The van der Waals surface area contributed by atoms with Crippen molar-refractivity contribution >= 4 is 0 Å². The van der Waals surface area contributed by atoms with Crippen molar-refractivity contribution in [3.63, 3.8) is 0 Å². The van der Waals surface area contributed by atoms with Crippen molar-refractivity contribution in [1.82, 2.24) is 4.90 Å². The molecular formula is C15H22N2. The van der Waals surface area contributed by atoms with Gasteiger partial charge in [0, 0.05) is 12.6 Å². The lowest BCUT2D eigenvalue weighted by molar-refractivity contribution is 0.256. The highest BCUT2D eigenvalue weighted by Crippen LogP contribution is 2.19. The first-order valence-electron chi connectivity index (χ1n) is 6.15. The summed E-state index contributed by atoms with van der Waals surface area (Å²) in [6, 6.07) is 10.3. The van der Waals surface area contributed by atoms with Crippen LogP contribution in [0.4, 0.5) is 0 Å². The third-order valence-electron chi connectivity index (χ3n) is 3.11. The first-order chi connectivity index (χ1) is 8.19. The van der Waals surface area contributed by atoms with Crippen molar-refractivity contribution in [2.24, 2.45) is 11.7 Å². The van der Waals surface area contributed by atoms with E-state index in [0.29, 0.717) is 12.5 Å². The summed E-state index contributed by atoms with van der Waals surface area (Å²) in [5, 5.41) is 0. The van der Waals surface area contributed by atoms with Gasteiger partial charge in [0.15, 0.2) is 0 Å². The molecule has 92 valence electrons. The van der Waals surface area contributed by atoms with Gasteiger partial charge in [-0.1, -0.05) is 50.1 Å². The van der Waals surface area contributed by atoms with Gasteiger partial charge in [0.2, 0.25) is 0 Å². The lowest BCUT2D eigenvalue weighted by Gasteiger charge is -2.26. The second-order valence-electron chi connectivity index (χ2n) is 4.45. The number of benzene rings is 1. The quantitative estimate of drug-likeness (QED) is 0.760. The molecule has 0 aliphatic carbocycles. The van der Waals surface area contributed by atoms with Crippen molar-refractivity contribution < 1.29 is 0 Å². The lowest BCUT2D eigenvalue weighted by atomic mass is 9.95. The molecule has 0 radical (unpaired) electrons. The van der Waals surface area contributed by atoms with E-state index in [1.807, 2.05) is 18.2 Å². The Morgan fingerprint density at radius 3 is 2.53 bits per heavy atom. The lowest BCUT2D eigenvalue weighted by Crippen LogP contribution is -2.33. The fourth-order valence-electron chi connectivity index (χ4n) is 1.96. The summed E-state index contributed by atoms with van der Waals surface area (Å²) in [4.78, 5) is 2.24. The molecule has 2 nitrogen and oxygen atoms in total. The molecule has 2 unspecified atom stereocenters. The molecule has 1 aromatic carbocycles. The predicted octanol–water partition coefficient (Wildman–Crippen LogP) is 2.28. The van der Waals surface area contributed by atoms with Crippen LogP contribution in [0.2, 0.25) is 0 Å². The van der Waals surface area contributed by atoms with Crippen LogP contribution in [0.1, 0.15) is 25.5 Å². The van der Waals surface area contributed by atoms with Gasteiger partial charge < -0.3 is 5.73 Å². The first kappa shape index (κ1) is 13.8. The van der Waals surface area contributed by atoms with Crippen molar-refractivity contribution in [1.29, 1.82) is 0 Å². The van der Waals surface area contributed by atoms with Crippen LogP contribution in [0.15, 0.2) is 30.3 Å². The molecule has 0 saturated carbocycles. The standard InChI is InChI=1S/C15H22N2/c1-4-11-17(5-2)12-13(3)15(16)14-9-7-6-8-10-14/h1,6-10,13,15H,5,11-12,16H2,2-3H3. The van der Waals surface area contributed by atoms with Gasteiger partial charge in [-0.3, -0.25) is 4.90 Å². The number of hydrogen-bond acceptors (Lipinski definition) is 2. The molecule has 0 saturated heterocycles. The molecular weight excluding hydrogens is 208 g/mol. The van der Waals surface area contributed by atoms with E-state index in [0.717, 1.165) is 13.1 Å². The second kappa shape index (κ2) is 7.11. The summed E-state index contributed by atoms with van der Waals surface area (Å²) in [6.07, 6.45) is 5.35. The number of nitrogens with two attached hydrogens (primary N) is 1. The van der Waals surface area contributed by atoms with E-state index in [4.69, 9.17) is 12.2 Å². The second-order valence-corrected chi connectivity index (χ2v) is 4.45. The minimum atomic E-state index is 0.0722. The molecule has 1 rings (SSSR count). The highest BCUT2D eigenvalue weighted by atomic mass is 15.1. The van der Waals surface area contributed by atoms with Crippen molar-refractivity contribution in [3.8, 4) is 12.3 Å². The average Bonchev–Trinajstić information content (AvgIpc) is 2.38. The Hall–Kier alpha value is -1.30. The molecule has 0 aliphatic heterocycles. The van der Waals surface area contributed by atoms with Gasteiger partial charge in [-0.05, 0) is 18.0 Å². The number of hydrogen-bond donors (Lipinski definition) is 1. The van der Waals surface area contributed by atoms with Gasteiger partial charge in [-0.15, -0.1) is 6.42 Å². The van der Waals surface area contributed by atoms with Gasteiger partial charge >= 0.3 is 0 Å². The zero-order valence-electron chi connectivity index (χ0n) is 10.8. The van der Waals surface area contributed by atoms with Crippen molar-refractivity contribution in [3.05, 3.63) is 35.9 Å². The molecule has 0 aromatic heterocycles. The molecule has 0 spiro atoms. The van der Waals surface area contributed by atoms with Crippen molar-refractivity contribution in [2.45, 2.75) is 19.9 Å². The van der Waals surface area contributed by atoms with Crippen LogP contribution in [0.5, 0.6) is 0 Å². The fraction of sp³-hybridized carbons (Fsp3) is 0.467. The molecule has 2 atom stereocenters. The third kappa shape index (κ3) is 4.22. The zero-order valence-corrected chi connectivity index (χ0v) is 10.8. The topological polar surface area (TPSA) is 29.3 Å². The molecule has 2 N–H and O–H groups in total. The monoisotopic (exact) mass is 230 g/mol. The Kier molecular flexibility index (Phi) is 5.76. The maximum Gasteiger partial charge on any atom is 0.0598 e. The van der Waals surface area contributed by atoms with Crippen LogP contribution < -0.4 is 5.73 Å². The van der Waals surface area contributed by atoms with E-state index < -0.39 is 0 Å². The van der Waals surface area contributed by atoms with Gasteiger partial charge in [0.05, 0.1) is 6.54 Å². The third-order valence-corrected chi connectivity index (χ3v) is 3.11. The van der Waals surface area contributed by atoms with Crippen LogP contribution in [0.25, 0.3) is 0 Å². The largest absolute Gasteiger partial charge is 0.324 e. The first-order valence-corrected chi connectivity index (χ1v) is 6.15. The summed E-state index contributed by atoms with van der Waals surface area (Å²) in [6.45, 7) is 6.91. The fourth-order valence-corrected chi connectivity index (χ4v) is 1.96. The molecule has 17 heavy (non-hydrogen) atoms. The highest BCUT2D eigenvalue weighted by Gasteiger charge is 2.16.